The summed E-state index contributed by atoms with van der Waals surface area (Å²) in [6.45, 7) is 5.74. The Balaban J connectivity index is 0.00000200. The molecule has 0 radical (unpaired) electrons. The van der Waals surface area contributed by atoms with Gasteiger partial charge < -0.3 is 16.0 Å². The average Bonchev–Trinajstić information content (AvgIpc) is 2.48. The van der Waals surface area contributed by atoms with Crippen molar-refractivity contribution >= 4 is 30.7 Å². The highest BCUT2D eigenvalue weighted by Crippen LogP contribution is 2.11. The summed E-state index contributed by atoms with van der Waals surface area (Å²) in [5.74, 6) is -0.0213. The first-order chi connectivity index (χ1) is 9.22. The average molecular weight is 335 g/mol. The van der Waals surface area contributed by atoms with Gasteiger partial charge in [-0.3, -0.25) is 9.78 Å². The summed E-state index contributed by atoms with van der Waals surface area (Å²) in [5, 5.41) is 3.10. The van der Waals surface area contributed by atoms with Crippen molar-refractivity contribution in [2.45, 2.75) is 32.4 Å². The van der Waals surface area contributed by atoms with Crippen LogP contribution in [0.5, 0.6) is 0 Å². The Kier molecular flexibility index (Phi) is 9.53. The first kappa shape index (κ1) is 20.1. The molecule has 3 N–H and O–H groups in total. The van der Waals surface area contributed by atoms with E-state index in [2.05, 4.69) is 22.1 Å². The first-order valence-electron chi connectivity index (χ1n) is 6.91. The Morgan fingerprint density at radius 1 is 1.43 bits per heavy atom. The van der Waals surface area contributed by atoms with E-state index < -0.39 is 0 Å². The number of aromatic nitrogens is 1. The third kappa shape index (κ3) is 5.79. The van der Waals surface area contributed by atoms with Gasteiger partial charge in [0.25, 0.3) is 5.91 Å². The largest absolute Gasteiger partial charge is 0.349 e. The number of nitrogens with zero attached hydrogens (tertiary/aromatic N) is 2. The molecule has 2 heterocycles. The number of hydrogen-bond donors (Lipinski definition) is 2. The molecular weight excluding hydrogens is 311 g/mol. The van der Waals surface area contributed by atoms with Crippen LogP contribution < -0.4 is 11.1 Å². The maximum atomic E-state index is 12.1. The molecule has 1 aliphatic heterocycles. The molecule has 1 aromatic heterocycles. The highest BCUT2D eigenvalue weighted by Gasteiger charge is 2.20. The molecule has 1 fully saturated rings. The van der Waals surface area contributed by atoms with E-state index in [-0.39, 0.29) is 36.8 Å². The van der Waals surface area contributed by atoms with Gasteiger partial charge in [0.1, 0.15) is 0 Å². The lowest BCUT2D eigenvalue weighted by Gasteiger charge is -2.31. The lowest BCUT2D eigenvalue weighted by atomic mass is 10.0. The van der Waals surface area contributed by atoms with Crippen molar-refractivity contribution in [3.63, 3.8) is 0 Å². The molecule has 1 saturated heterocycles. The zero-order valence-electron chi connectivity index (χ0n) is 12.2. The molecule has 7 heteroatoms. The molecule has 5 nitrogen and oxygen atoms in total. The predicted octanol–water partition coefficient (Wildman–Crippen LogP) is 1.60. The number of halogens is 2. The minimum absolute atomic E-state index is 0. The maximum Gasteiger partial charge on any atom is 0.251 e. The van der Waals surface area contributed by atoms with E-state index in [1.54, 1.807) is 18.3 Å². The minimum atomic E-state index is -0.0213. The Labute approximate surface area is 138 Å². The fraction of sp³-hybridized carbons (Fsp3) is 0.571. The van der Waals surface area contributed by atoms with Crippen molar-refractivity contribution < 1.29 is 4.79 Å². The van der Waals surface area contributed by atoms with Crippen LogP contribution in [-0.4, -0.2) is 41.5 Å². The topological polar surface area (TPSA) is 71.2 Å². The van der Waals surface area contributed by atoms with E-state index in [0.29, 0.717) is 12.1 Å². The van der Waals surface area contributed by atoms with Gasteiger partial charge in [0, 0.05) is 37.4 Å². The third-order valence-electron chi connectivity index (χ3n) is 3.66. The Morgan fingerprint density at radius 2 is 2.10 bits per heavy atom. The van der Waals surface area contributed by atoms with Crippen molar-refractivity contribution in [3.05, 3.63) is 29.6 Å². The van der Waals surface area contributed by atoms with Crippen LogP contribution in [0.3, 0.4) is 0 Å². The van der Waals surface area contributed by atoms with E-state index in [4.69, 9.17) is 5.73 Å². The second-order valence-corrected chi connectivity index (χ2v) is 4.92. The van der Waals surface area contributed by atoms with Gasteiger partial charge in [0.2, 0.25) is 0 Å². The number of hydrogen-bond acceptors (Lipinski definition) is 4. The highest BCUT2D eigenvalue weighted by molar-refractivity contribution is 5.94. The van der Waals surface area contributed by atoms with E-state index in [1.165, 1.54) is 0 Å². The smallest absolute Gasteiger partial charge is 0.251 e. The summed E-state index contributed by atoms with van der Waals surface area (Å²) in [4.78, 5) is 18.6. The van der Waals surface area contributed by atoms with Crippen LogP contribution in [0.15, 0.2) is 18.3 Å². The van der Waals surface area contributed by atoms with Gasteiger partial charge in [-0.1, -0.05) is 6.92 Å². The Morgan fingerprint density at radius 3 is 2.67 bits per heavy atom. The monoisotopic (exact) mass is 334 g/mol. The number of amides is 1. The summed E-state index contributed by atoms with van der Waals surface area (Å²) in [6.07, 6.45) is 3.68. The summed E-state index contributed by atoms with van der Waals surface area (Å²) in [5.41, 5.74) is 6.92. The normalized spacial score (nSPS) is 15.7. The number of carbonyl (C=O) groups is 1. The Bertz CT molecular complexity index is 437. The molecule has 0 unspecified atom stereocenters. The molecule has 0 saturated carbocycles. The number of piperidine rings is 1. The summed E-state index contributed by atoms with van der Waals surface area (Å²) < 4.78 is 0. The molecule has 21 heavy (non-hydrogen) atoms. The highest BCUT2D eigenvalue weighted by atomic mass is 35.5. The van der Waals surface area contributed by atoms with Crippen LogP contribution in [0.2, 0.25) is 0 Å². The van der Waals surface area contributed by atoms with Crippen LogP contribution in [0.1, 0.15) is 35.8 Å². The maximum absolute atomic E-state index is 12.1. The fourth-order valence-corrected chi connectivity index (χ4v) is 2.39. The number of likely N-dealkylation sites (tertiary alicyclic amines) is 1. The molecule has 0 bridgehead atoms. The number of nitrogens with one attached hydrogen (secondary N) is 1. The van der Waals surface area contributed by atoms with E-state index >= 15 is 0 Å². The summed E-state index contributed by atoms with van der Waals surface area (Å²) in [6, 6.07) is 3.77. The lowest BCUT2D eigenvalue weighted by Crippen LogP contribution is -2.44. The second-order valence-electron chi connectivity index (χ2n) is 4.92. The van der Waals surface area contributed by atoms with Crippen LogP contribution in [0.4, 0.5) is 0 Å². The van der Waals surface area contributed by atoms with Crippen molar-refractivity contribution in [1.82, 2.24) is 15.2 Å². The quantitative estimate of drug-likeness (QED) is 0.877. The van der Waals surface area contributed by atoms with Crippen molar-refractivity contribution in [2.75, 3.05) is 19.6 Å². The molecular formula is C14H24Cl2N4O. The van der Waals surface area contributed by atoms with Crippen molar-refractivity contribution in [2.24, 2.45) is 5.73 Å². The first-order valence-corrected chi connectivity index (χ1v) is 6.91. The van der Waals surface area contributed by atoms with Crippen molar-refractivity contribution in [3.8, 4) is 0 Å². The molecule has 120 valence electrons. The van der Waals surface area contributed by atoms with E-state index in [1.807, 2.05) is 0 Å². The number of carbonyl (C=O) groups excluding carboxylic acids is 1. The van der Waals surface area contributed by atoms with Gasteiger partial charge in [-0.15, -0.1) is 24.8 Å². The van der Waals surface area contributed by atoms with Gasteiger partial charge in [0.05, 0.1) is 5.69 Å². The molecule has 0 aliphatic carbocycles. The summed E-state index contributed by atoms with van der Waals surface area (Å²) in [7, 11) is 0. The third-order valence-corrected chi connectivity index (χ3v) is 3.66. The van der Waals surface area contributed by atoms with Gasteiger partial charge in [0.15, 0.2) is 0 Å². The second kappa shape index (κ2) is 9.95. The van der Waals surface area contributed by atoms with Crippen LogP contribution in [0.25, 0.3) is 0 Å². The zero-order chi connectivity index (χ0) is 13.7. The van der Waals surface area contributed by atoms with Gasteiger partial charge in [-0.05, 0) is 31.5 Å². The SMILES string of the molecule is CCN1CCC(NC(=O)c2ccnc(CN)c2)CC1.Cl.Cl. The molecule has 2 rings (SSSR count). The zero-order valence-corrected chi connectivity index (χ0v) is 13.9. The van der Waals surface area contributed by atoms with Gasteiger partial charge >= 0.3 is 0 Å². The molecule has 1 aromatic rings. The number of rotatable bonds is 4. The molecule has 1 amide bonds. The van der Waals surface area contributed by atoms with Crippen molar-refractivity contribution in [1.29, 1.82) is 0 Å². The van der Waals surface area contributed by atoms with Gasteiger partial charge in [-0.25, -0.2) is 0 Å². The van der Waals surface area contributed by atoms with Crippen LogP contribution in [-0.2, 0) is 6.54 Å². The molecule has 1 aliphatic rings. The fourth-order valence-electron chi connectivity index (χ4n) is 2.39. The van der Waals surface area contributed by atoms with Gasteiger partial charge in [-0.2, -0.15) is 0 Å². The summed E-state index contributed by atoms with van der Waals surface area (Å²) >= 11 is 0. The molecule has 0 aromatic carbocycles. The van der Waals surface area contributed by atoms with Crippen LogP contribution >= 0.6 is 24.8 Å². The predicted molar refractivity (Wildman–Crippen MR) is 89.2 cm³/mol. The van der Waals surface area contributed by atoms with Crippen LogP contribution in [0, 0.1) is 0 Å². The van der Waals surface area contributed by atoms with E-state index in [0.717, 1.165) is 38.2 Å². The minimum Gasteiger partial charge on any atom is -0.349 e. The number of nitrogens with two attached hydrogens (primary N) is 1. The Hall–Kier alpha value is -0.880. The molecule has 0 atom stereocenters. The van der Waals surface area contributed by atoms with E-state index in [9.17, 15) is 4.79 Å². The molecule has 0 spiro atoms. The number of pyridine rings is 1. The standard InChI is InChI=1S/C14H22N4O.2ClH/c1-2-18-7-4-12(5-8-18)17-14(19)11-3-6-16-13(9-11)10-15;;/h3,6,9,12H,2,4-5,7-8,10,15H2,1H3,(H,17,19);2*1H. The lowest BCUT2D eigenvalue weighted by molar-refractivity contribution is 0.0912.